The normalized spacial score (nSPS) is 13.4. The first-order valence-electron chi connectivity index (χ1n) is 12.8. The topological polar surface area (TPSA) is 138 Å². The number of carbonyl (C=O) groups is 3. The van der Waals surface area contributed by atoms with Gasteiger partial charge >= 0.3 is 12.1 Å². The Morgan fingerprint density at radius 2 is 1.76 bits per heavy atom. The van der Waals surface area contributed by atoms with E-state index in [0.717, 1.165) is 15.6 Å². The minimum absolute atomic E-state index is 0.126. The number of amides is 4. The predicted molar refractivity (Wildman–Crippen MR) is 153 cm³/mol. The largest absolute Gasteiger partial charge is 0.444 e. The second-order valence-electron chi connectivity index (χ2n) is 9.66. The number of rotatable bonds is 15. The van der Waals surface area contributed by atoms with Crippen LogP contribution in [0.1, 0.15) is 68.5 Å². The van der Waals surface area contributed by atoms with Crippen molar-refractivity contribution in [3.63, 3.8) is 0 Å². The fourth-order valence-electron chi connectivity index (χ4n) is 3.47. The molecule has 0 fully saturated rings. The van der Waals surface area contributed by atoms with Gasteiger partial charge in [-0.15, -0.1) is 22.7 Å². The average molecular weight is 566 g/mol. The summed E-state index contributed by atoms with van der Waals surface area (Å²) >= 11 is 3.01. The quantitative estimate of drug-likeness (QED) is 0.243. The number of ether oxygens (including phenoxy) is 1. The zero-order valence-electron chi connectivity index (χ0n) is 23.1. The van der Waals surface area contributed by atoms with Crippen molar-refractivity contribution in [1.82, 2.24) is 36.0 Å². The van der Waals surface area contributed by atoms with Crippen LogP contribution in [0.25, 0.3) is 0 Å². The highest BCUT2D eigenvalue weighted by Gasteiger charge is 2.24. The van der Waals surface area contributed by atoms with Crippen LogP contribution in [0.4, 0.5) is 9.59 Å². The van der Waals surface area contributed by atoms with Crippen molar-refractivity contribution in [3.8, 4) is 0 Å². The fraction of sp³-hybridized carbons (Fsp3) is 0.625. The van der Waals surface area contributed by atoms with E-state index < -0.39 is 12.1 Å². The highest BCUT2D eigenvalue weighted by molar-refractivity contribution is 7.09. The van der Waals surface area contributed by atoms with E-state index in [2.05, 4.69) is 45.0 Å². The Bertz CT molecular complexity index is 1010. The maximum Gasteiger partial charge on any atom is 0.407 e. The molecule has 4 N–H and O–H groups in total. The lowest BCUT2D eigenvalue weighted by atomic mass is 10.1. The van der Waals surface area contributed by atoms with E-state index in [9.17, 15) is 14.4 Å². The number of nitrogens with zero attached hydrogens (tertiary/aromatic N) is 3. The van der Waals surface area contributed by atoms with E-state index in [1.165, 1.54) is 16.2 Å². The summed E-state index contributed by atoms with van der Waals surface area (Å²) < 4.78 is 5.20. The molecule has 210 valence electrons. The molecule has 11 nitrogen and oxygen atoms in total. The van der Waals surface area contributed by atoms with Crippen molar-refractivity contribution in [2.75, 3.05) is 13.6 Å². The zero-order chi connectivity index (χ0) is 28.1. The molecule has 0 bridgehead atoms. The van der Waals surface area contributed by atoms with Gasteiger partial charge in [0.25, 0.3) is 0 Å². The molecule has 0 aliphatic heterocycles. The van der Waals surface area contributed by atoms with Crippen LogP contribution in [-0.2, 0) is 22.7 Å². The molecule has 0 aliphatic carbocycles. The maximum absolute atomic E-state index is 13.0. The lowest BCUT2D eigenvalue weighted by Crippen LogP contribution is -2.52. The molecule has 0 aliphatic rings. The molecule has 38 heavy (non-hydrogen) atoms. The van der Waals surface area contributed by atoms with Gasteiger partial charge in [0.1, 0.15) is 12.6 Å². The minimum Gasteiger partial charge on any atom is -0.444 e. The van der Waals surface area contributed by atoms with Gasteiger partial charge in [0.05, 0.1) is 27.6 Å². The number of hydrogen-bond acceptors (Lipinski definition) is 9. The van der Waals surface area contributed by atoms with Crippen molar-refractivity contribution in [2.45, 2.75) is 84.2 Å². The fourth-order valence-corrected chi connectivity index (χ4v) is 4.80. The molecule has 0 radical (unpaired) electrons. The van der Waals surface area contributed by atoms with Crippen molar-refractivity contribution < 1.29 is 19.1 Å². The Morgan fingerprint density at radius 1 is 1.05 bits per heavy atom. The third-order valence-corrected chi connectivity index (χ3v) is 7.67. The summed E-state index contributed by atoms with van der Waals surface area (Å²) in [4.78, 5) is 48.8. The van der Waals surface area contributed by atoms with Gasteiger partial charge in [0.15, 0.2) is 7.98 Å². The van der Waals surface area contributed by atoms with E-state index in [1.807, 2.05) is 19.2 Å². The summed E-state index contributed by atoms with van der Waals surface area (Å²) in [6.07, 6.45) is 2.93. The molecule has 0 aromatic carbocycles. The first-order chi connectivity index (χ1) is 18.1. The minimum atomic E-state index is -0.682. The first-order valence-corrected chi connectivity index (χ1v) is 14.6. The van der Waals surface area contributed by atoms with Crippen LogP contribution in [0.5, 0.6) is 0 Å². The van der Waals surface area contributed by atoms with Gasteiger partial charge in [-0.1, -0.05) is 13.8 Å². The Labute approximate surface area is 234 Å². The number of nitrogens with one attached hydrogen (secondary N) is 4. The van der Waals surface area contributed by atoms with Crippen LogP contribution in [0.15, 0.2) is 17.1 Å². The number of carbonyl (C=O) groups excluding carboxylic acids is 3. The summed E-state index contributed by atoms with van der Waals surface area (Å²) in [5, 5.41) is 14.7. The molecule has 14 heteroatoms. The molecule has 0 saturated heterocycles. The highest BCUT2D eigenvalue weighted by atomic mass is 32.1. The summed E-state index contributed by atoms with van der Waals surface area (Å²) in [5.74, 6) is 0.0982. The summed E-state index contributed by atoms with van der Waals surface area (Å²) in [5.41, 5.74) is 2.52. The molecule has 2 rings (SSSR count). The molecule has 4 amide bonds. The molecular formula is C24H40BN7O4S2. The van der Waals surface area contributed by atoms with Gasteiger partial charge in [-0.3, -0.25) is 9.78 Å². The lowest BCUT2D eigenvalue weighted by molar-refractivity contribution is -0.123. The van der Waals surface area contributed by atoms with Crippen LogP contribution >= 0.6 is 22.7 Å². The smallest absolute Gasteiger partial charge is 0.407 e. The maximum atomic E-state index is 13.0. The molecular weight excluding hydrogens is 525 g/mol. The van der Waals surface area contributed by atoms with Gasteiger partial charge in [-0.25, -0.2) is 14.6 Å². The lowest BCUT2D eigenvalue weighted by Gasteiger charge is -2.25. The van der Waals surface area contributed by atoms with Crippen LogP contribution in [0, 0.1) is 0 Å². The summed E-state index contributed by atoms with van der Waals surface area (Å²) in [7, 11) is 3.49. The van der Waals surface area contributed by atoms with Gasteiger partial charge in [-0.2, -0.15) is 0 Å². The number of thiazole rings is 2. The van der Waals surface area contributed by atoms with Crippen LogP contribution < -0.4 is 21.2 Å². The van der Waals surface area contributed by atoms with Crippen molar-refractivity contribution >= 4 is 48.7 Å². The average Bonchev–Trinajstić information content (AvgIpc) is 3.56. The SMILES string of the molecule is BNCCC(NC(=O)N(C)Cc1csc(C(C)C)n1)C(=O)NC(C)CCC(C)NC(=O)OCc1cncs1. The Morgan fingerprint density at radius 3 is 2.37 bits per heavy atom. The van der Waals surface area contributed by atoms with Crippen LogP contribution in [0.3, 0.4) is 0 Å². The Kier molecular flexibility index (Phi) is 13.5. The predicted octanol–water partition coefficient (Wildman–Crippen LogP) is 2.36. The number of aromatic nitrogens is 2. The third kappa shape index (κ3) is 11.4. The van der Waals surface area contributed by atoms with Crippen molar-refractivity contribution in [2.24, 2.45) is 0 Å². The number of urea groups is 1. The van der Waals surface area contributed by atoms with E-state index in [-0.39, 0.29) is 30.6 Å². The molecule has 0 spiro atoms. The highest BCUT2D eigenvalue weighted by Crippen LogP contribution is 2.19. The van der Waals surface area contributed by atoms with Gasteiger partial charge < -0.3 is 30.8 Å². The van der Waals surface area contributed by atoms with E-state index in [0.29, 0.717) is 38.3 Å². The molecule has 2 aromatic rings. The van der Waals surface area contributed by atoms with Gasteiger partial charge in [0.2, 0.25) is 5.91 Å². The van der Waals surface area contributed by atoms with E-state index >= 15 is 0 Å². The van der Waals surface area contributed by atoms with Gasteiger partial charge in [0, 0.05) is 36.6 Å². The molecule has 2 heterocycles. The van der Waals surface area contributed by atoms with E-state index in [1.54, 1.807) is 38.1 Å². The van der Waals surface area contributed by atoms with Crippen molar-refractivity contribution in [3.05, 3.63) is 32.7 Å². The monoisotopic (exact) mass is 565 g/mol. The zero-order valence-corrected chi connectivity index (χ0v) is 24.7. The van der Waals surface area contributed by atoms with Crippen molar-refractivity contribution in [1.29, 1.82) is 0 Å². The van der Waals surface area contributed by atoms with Crippen LogP contribution in [-0.4, -0.2) is 72.6 Å². The Balaban J connectivity index is 1.78. The summed E-state index contributed by atoms with van der Waals surface area (Å²) in [6, 6.07) is -1.28. The van der Waals surface area contributed by atoms with Crippen LogP contribution in [0.2, 0.25) is 0 Å². The molecule has 3 atom stereocenters. The van der Waals surface area contributed by atoms with Gasteiger partial charge in [-0.05, 0) is 39.7 Å². The third-order valence-electron chi connectivity index (χ3n) is 5.72. The standard InChI is InChI=1S/C24H40BN7O4S2/c1-15(2)22-30-18(13-37-22)11-32(5)23(34)31-20(8-9-27-25)21(33)28-16(3)6-7-17(4)29-24(35)36-12-19-10-26-14-38-19/h10,13-17,20,27H,6-9,11-12,25H2,1-5H3,(H,28,33)(H,29,35)(H,31,34). The number of hydrogen-bond donors (Lipinski definition) is 4. The first kappa shape index (κ1) is 31.5. The second-order valence-corrected chi connectivity index (χ2v) is 11.5. The summed E-state index contributed by atoms with van der Waals surface area (Å²) in [6.45, 7) is 9.09. The molecule has 3 unspecified atom stereocenters. The molecule has 0 saturated carbocycles. The Hall–Kier alpha value is -2.71. The molecule has 2 aromatic heterocycles. The van der Waals surface area contributed by atoms with E-state index in [4.69, 9.17) is 4.74 Å². The second kappa shape index (κ2) is 16.3. The number of alkyl carbamates (subject to hydrolysis) is 1.